The lowest BCUT2D eigenvalue weighted by molar-refractivity contribution is -0.119. The molecule has 16 heteroatoms. The summed E-state index contributed by atoms with van der Waals surface area (Å²) in [5, 5.41) is 13.3. The smallest absolute Gasteiger partial charge is 0.406 e. The second-order valence-electron chi connectivity index (χ2n) is 9.34. The zero-order valence-electron chi connectivity index (χ0n) is 24.2. The molecule has 0 atom stereocenters. The third-order valence-electron chi connectivity index (χ3n) is 6.30. The Balaban J connectivity index is 1.55. The first kappa shape index (κ1) is 31.8. The molecule has 2 aromatic heterocycles. The van der Waals surface area contributed by atoms with Gasteiger partial charge in [-0.15, -0.1) is 0 Å². The van der Waals surface area contributed by atoms with Crippen molar-refractivity contribution in [3.05, 3.63) is 71.8 Å². The van der Waals surface area contributed by atoms with Crippen molar-refractivity contribution in [3.63, 3.8) is 0 Å². The molecule has 0 fully saturated rings. The summed E-state index contributed by atoms with van der Waals surface area (Å²) in [6.07, 6.45) is 3.14. The van der Waals surface area contributed by atoms with Crippen LogP contribution in [0.25, 0.3) is 11.0 Å². The van der Waals surface area contributed by atoms with E-state index in [1.165, 1.54) is 26.5 Å². The third kappa shape index (κ3) is 7.63. The number of carbonyl (C=O) groups is 2. The predicted octanol–water partition coefficient (Wildman–Crippen LogP) is 3.28. The van der Waals surface area contributed by atoms with Gasteiger partial charge in [-0.3, -0.25) is 14.2 Å². The average molecular weight is 631 g/mol. The second kappa shape index (κ2) is 13.9. The normalized spacial score (nSPS) is 11.2. The van der Waals surface area contributed by atoms with E-state index in [1.54, 1.807) is 35.1 Å². The molecule has 4 rings (SSSR count). The first-order chi connectivity index (χ1) is 21.0. The van der Waals surface area contributed by atoms with Crippen LogP contribution < -0.4 is 24.8 Å². The number of hydrogen-bond donors (Lipinski definition) is 3. The summed E-state index contributed by atoms with van der Waals surface area (Å²) in [6, 6.07) is 8.15. The van der Waals surface area contributed by atoms with E-state index in [4.69, 9.17) is 14.0 Å². The van der Waals surface area contributed by atoms with Gasteiger partial charge in [-0.25, -0.2) is 17.6 Å². The molecule has 3 N–H and O–H groups in total. The Labute approximate surface area is 252 Å². The minimum Gasteiger partial charge on any atom is -0.496 e. The van der Waals surface area contributed by atoms with E-state index >= 15 is 0 Å². The number of anilines is 1. The molecule has 44 heavy (non-hydrogen) atoms. The standard InChI is InChI=1S/C28H31FN6O8S/c1-5-18-6-7-21(42-9-8-30-28(37)41-4)24(12-18)44(38,39)34-26-25-22(40-3)10-19(11-23(25)43-33-26)15-35-16-20(14-32-35)13-31-27(36)17(2)29/h6-7,10-12,14,16H,2,5,8-9,13,15H2,1,3-4H3,(H,30,37)(H,31,36)(H,33,34). The van der Waals surface area contributed by atoms with Crippen LogP contribution in [0.4, 0.5) is 15.0 Å². The number of rotatable bonds is 14. The number of amides is 2. The minimum absolute atomic E-state index is 0.00760. The molecule has 2 amide bonds. The van der Waals surface area contributed by atoms with Crippen LogP contribution in [-0.2, 0) is 39.1 Å². The lowest BCUT2D eigenvalue weighted by atomic mass is 10.1. The van der Waals surface area contributed by atoms with Crippen LogP contribution in [0.5, 0.6) is 11.5 Å². The number of aromatic nitrogens is 3. The van der Waals surface area contributed by atoms with Gasteiger partial charge in [0.15, 0.2) is 17.2 Å². The lowest BCUT2D eigenvalue weighted by Gasteiger charge is -2.14. The molecule has 234 valence electrons. The van der Waals surface area contributed by atoms with E-state index in [0.29, 0.717) is 28.7 Å². The molecule has 0 spiro atoms. The van der Waals surface area contributed by atoms with Crippen molar-refractivity contribution in [1.82, 2.24) is 25.6 Å². The van der Waals surface area contributed by atoms with Crippen LogP contribution >= 0.6 is 0 Å². The Kier molecular flexibility index (Phi) is 10.0. The number of nitrogens with zero attached hydrogens (tertiary/aromatic N) is 3. The molecule has 0 bridgehead atoms. The van der Waals surface area contributed by atoms with Crippen LogP contribution in [-0.4, -0.2) is 62.7 Å². The van der Waals surface area contributed by atoms with E-state index in [-0.39, 0.29) is 48.3 Å². The molecule has 4 aromatic rings. The van der Waals surface area contributed by atoms with Crippen molar-refractivity contribution < 1.29 is 41.1 Å². The number of halogens is 1. The number of benzene rings is 2. The molecular formula is C28H31FN6O8S. The quantitative estimate of drug-likeness (QED) is 0.138. The fourth-order valence-electron chi connectivity index (χ4n) is 4.13. The molecule has 2 aromatic carbocycles. The Hall–Kier alpha value is -5.12. The maximum atomic E-state index is 13.6. The number of carbonyl (C=O) groups excluding carboxylic acids is 2. The van der Waals surface area contributed by atoms with Crippen LogP contribution in [0.3, 0.4) is 0 Å². The van der Waals surface area contributed by atoms with Crippen molar-refractivity contribution in [3.8, 4) is 11.5 Å². The maximum absolute atomic E-state index is 13.6. The van der Waals surface area contributed by atoms with E-state index in [9.17, 15) is 22.4 Å². The number of methoxy groups -OCH3 is 2. The first-order valence-electron chi connectivity index (χ1n) is 13.2. The first-order valence-corrected chi connectivity index (χ1v) is 14.7. The molecule has 0 saturated heterocycles. The number of alkyl carbamates (subject to hydrolysis) is 1. The summed E-state index contributed by atoms with van der Waals surface area (Å²) in [7, 11) is -1.57. The topological polar surface area (TPSA) is 176 Å². The summed E-state index contributed by atoms with van der Waals surface area (Å²) >= 11 is 0. The van der Waals surface area contributed by atoms with Gasteiger partial charge in [-0.05, 0) is 41.8 Å². The van der Waals surface area contributed by atoms with Crippen LogP contribution in [0.2, 0.25) is 0 Å². The highest BCUT2D eigenvalue weighted by molar-refractivity contribution is 7.92. The van der Waals surface area contributed by atoms with Gasteiger partial charge >= 0.3 is 6.09 Å². The molecule has 0 unspecified atom stereocenters. The van der Waals surface area contributed by atoms with E-state index in [0.717, 1.165) is 5.56 Å². The van der Waals surface area contributed by atoms with Crippen LogP contribution in [0, 0.1) is 0 Å². The molecule has 0 aliphatic rings. The molecule has 0 saturated carbocycles. The fourth-order valence-corrected chi connectivity index (χ4v) is 5.33. The number of ether oxygens (including phenoxy) is 3. The Morgan fingerprint density at radius 2 is 1.89 bits per heavy atom. The Bertz CT molecular complexity index is 1790. The molecule has 2 heterocycles. The van der Waals surface area contributed by atoms with Gasteiger partial charge in [-0.1, -0.05) is 24.7 Å². The Morgan fingerprint density at radius 1 is 1.09 bits per heavy atom. The summed E-state index contributed by atoms with van der Waals surface area (Å²) in [5.74, 6) is -1.70. The zero-order valence-corrected chi connectivity index (χ0v) is 25.0. The van der Waals surface area contributed by atoms with E-state index < -0.39 is 27.9 Å². The Morgan fingerprint density at radius 3 is 2.59 bits per heavy atom. The van der Waals surface area contributed by atoms with E-state index in [2.05, 4.69) is 36.9 Å². The van der Waals surface area contributed by atoms with Crippen molar-refractivity contribution in [2.45, 2.75) is 31.3 Å². The van der Waals surface area contributed by atoms with Crippen molar-refractivity contribution >= 4 is 38.8 Å². The largest absolute Gasteiger partial charge is 0.496 e. The summed E-state index contributed by atoms with van der Waals surface area (Å²) in [4.78, 5) is 22.6. The number of sulfonamides is 1. The molecule has 0 aliphatic heterocycles. The van der Waals surface area contributed by atoms with Gasteiger partial charge in [-0.2, -0.15) is 5.10 Å². The monoisotopic (exact) mass is 630 g/mol. The molecule has 0 aliphatic carbocycles. The number of fused-ring (bicyclic) bond motifs is 1. The number of nitrogens with one attached hydrogen (secondary N) is 3. The lowest BCUT2D eigenvalue weighted by Crippen LogP contribution is -2.28. The second-order valence-corrected chi connectivity index (χ2v) is 11.0. The maximum Gasteiger partial charge on any atom is 0.406 e. The van der Waals surface area contributed by atoms with E-state index in [1.807, 2.05) is 6.92 Å². The van der Waals surface area contributed by atoms with Crippen LogP contribution in [0.1, 0.15) is 23.6 Å². The molecule has 14 nitrogen and oxygen atoms in total. The van der Waals surface area contributed by atoms with Gasteiger partial charge in [0.1, 0.15) is 28.4 Å². The fraction of sp³-hybridized carbons (Fsp3) is 0.286. The summed E-state index contributed by atoms with van der Waals surface area (Å²) < 4.78 is 65.4. The van der Waals surface area contributed by atoms with Crippen LogP contribution in [0.15, 0.2) is 64.5 Å². The van der Waals surface area contributed by atoms with Crippen molar-refractivity contribution in [2.75, 3.05) is 32.1 Å². The SMILES string of the molecule is C=C(F)C(=O)NCc1cnn(Cc2cc(OC)c3c(NS(=O)(=O)c4cc(CC)ccc4OCCNC(=O)OC)noc3c2)c1. The van der Waals surface area contributed by atoms with Gasteiger partial charge in [0.05, 0.1) is 33.5 Å². The highest BCUT2D eigenvalue weighted by atomic mass is 32.2. The van der Waals surface area contributed by atoms with Gasteiger partial charge in [0.25, 0.3) is 15.9 Å². The van der Waals surface area contributed by atoms with Gasteiger partial charge in [0, 0.05) is 18.3 Å². The predicted molar refractivity (Wildman–Crippen MR) is 157 cm³/mol. The average Bonchev–Trinajstić information content (AvgIpc) is 3.63. The third-order valence-corrected chi connectivity index (χ3v) is 7.66. The minimum atomic E-state index is -4.23. The van der Waals surface area contributed by atoms with Gasteiger partial charge < -0.3 is 29.4 Å². The summed E-state index contributed by atoms with van der Waals surface area (Å²) in [6.45, 7) is 5.26. The summed E-state index contributed by atoms with van der Waals surface area (Å²) in [5.41, 5.74) is 2.35. The van der Waals surface area contributed by atoms with Crippen molar-refractivity contribution in [2.24, 2.45) is 0 Å². The number of aryl methyl sites for hydroxylation is 1. The zero-order chi connectivity index (χ0) is 31.9. The molecular weight excluding hydrogens is 599 g/mol. The van der Waals surface area contributed by atoms with Gasteiger partial charge in [0.2, 0.25) is 0 Å². The highest BCUT2D eigenvalue weighted by Gasteiger charge is 2.25. The number of hydrogen-bond acceptors (Lipinski definition) is 10. The van der Waals surface area contributed by atoms with Crippen molar-refractivity contribution in [1.29, 1.82) is 0 Å². The highest BCUT2D eigenvalue weighted by Crippen LogP contribution is 2.36. The molecule has 0 radical (unpaired) electrons.